The van der Waals surface area contributed by atoms with Crippen LogP contribution < -0.4 is 5.43 Å². The van der Waals surface area contributed by atoms with Crippen LogP contribution in [-0.4, -0.2) is 27.7 Å². The maximum Gasteiger partial charge on any atom is 0.270 e. The molecule has 2 aliphatic rings. The summed E-state index contributed by atoms with van der Waals surface area (Å²) in [6.07, 6.45) is 2.94. The van der Waals surface area contributed by atoms with E-state index in [4.69, 9.17) is 0 Å². The Labute approximate surface area is 137 Å². The first-order chi connectivity index (χ1) is 11.4. The number of hydrogen-bond donors (Lipinski definition) is 1. The fourth-order valence-corrected chi connectivity index (χ4v) is 3.05. The highest BCUT2D eigenvalue weighted by atomic mass is 16.6. The van der Waals surface area contributed by atoms with Gasteiger partial charge < -0.3 is 0 Å². The van der Waals surface area contributed by atoms with Gasteiger partial charge >= 0.3 is 0 Å². The van der Waals surface area contributed by atoms with Crippen LogP contribution in [0.1, 0.15) is 30.1 Å². The number of imide groups is 1. The van der Waals surface area contributed by atoms with E-state index >= 15 is 0 Å². The molecule has 3 rings (SSSR count). The zero-order chi connectivity index (χ0) is 17.4. The zero-order valence-electron chi connectivity index (χ0n) is 12.9. The molecule has 8 heteroatoms. The first-order valence-electron chi connectivity index (χ1n) is 7.47. The minimum atomic E-state index is -0.657. The van der Waals surface area contributed by atoms with E-state index in [9.17, 15) is 24.5 Å². The van der Waals surface area contributed by atoms with E-state index in [1.807, 2.05) is 13.0 Å². The number of nitrogens with one attached hydrogen (secondary N) is 1. The Morgan fingerprint density at radius 3 is 2.46 bits per heavy atom. The first-order valence-corrected chi connectivity index (χ1v) is 7.47. The van der Waals surface area contributed by atoms with Crippen LogP contribution in [0.4, 0.5) is 5.69 Å². The van der Waals surface area contributed by atoms with Gasteiger partial charge in [0.05, 0.1) is 16.8 Å². The third-order valence-electron chi connectivity index (χ3n) is 4.38. The van der Waals surface area contributed by atoms with Crippen LogP contribution in [0.15, 0.2) is 35.9 Å². The molecule has 3 amide bonds. The fourth-order valence-electron chi connectivity index (χ4n) is 3.05. The number of hydrogen-bond acceptors (Lipinski definition) is 5. The smallest absolute Gasteiger partial charge is 0.270 e. The SMILES string of the molecule is CC1=CC[C@@H]2C(=O)N(NC(=O)c3ccc([N+](=O)[O-])cc3)C(=O)[C@H]2C1. The second-order valence-electron chi connectivity index (χ2n) is 5.96. The molecule has 24 heavy (non-hydrogen) atoms. The van der Waals surface area contributed by atoms with Crippen molar-refractivity contribution >= 4 is 23.4 Å². The van der Waals surface area contributed by atoms with Crippen molar-refractivity contribution in [1.82, 2.24) is 10.4 Å². The number of rotatable bonds is 3. The highest BCUT2D eigenvalue weighted by Crippen LogP contribution is 2.36. The number of nitro benzene ring substituents is 1. The number of hydrazine groups is 1. The number of carbonyl (C=O) groups is 3. The van der Waals surface area contributed by atoms with E-state index in [0.29, 0.717) is 12.8 Å². The molecule has 0 radical (unpaired) electrons. The van der Waals surface area contributed by atoms with Gasteiger partial charge in [0.1, 0.15) is 0 Å². The molecule has 8 nitrogen and oxygen atoms in total. The van der Waals surface area contributed by atoms with Crippen molar-refractivity contribution in [2.75, 3.05) is 0 Å². The predicted molar refractivity (Wildman–Crippen MR) is 82.4 cm³/mol. The van der Waals surface area contributed by atoms with Crippen LogP contribution in [0, 0.1) is 22.0 Å². The zero-order valence-corrected chi connectivity index (χ0v) is 12.9. The van der Waals surface area contributed by atoms with Gasteiger partial charge in [-0.2, -0.15) is 5.01 Å². The molecule has 0 unspecified atom stereocenters. The van der Waals surface area contributed by atoms with Gasteiger partial charge in [-0.15, -0.1) is 0 Å². The molecule has 1 aromatic rings. The Bertz CT molecular complexity index is 768. The second kappa shape index (κ2) is 5.88. The van der Waals surface area contributed by atoms with Crippen molar-refractivity contribution in [3.05, 3.63) is 51.6 Å². The van der Waals surface area contributed by atoms with Gasteiger partial charge in [-0.25, -0.2) is 0 Å². The summed E-state index contributed by atoms with van der Waals surface area (Å²) >= 11 is 0. The molecule has 1 fully saturated rings. The molecule has 0 saturated carbocycles. The van der Waals surface area contributed by atoms with E-state index in [1.165, 1.54) is 24.3 Å². The number of nitrogens with zero attached hydrogens (tertiary/aromatic N) is 2. The number of amides is 3. The Morgan fingerprint density at radius 1 is 1.21 bits per heavy atom. The van der Waals surface area contributed by atoms with Crippen molar-refractivity contribution in [2.24, 2.45) is 11.8 Å². The molecule has 1 saturated heterocycles. The highest BCUT2D eigenvalue weighted by molar-refractivity contribution is 6.08. The number of non-ortho nitro benzene ring substituents is 1. The minimum Gasteiger partial charge on any atom is -0.272 e. The molecule has 0 aromatic heterocycles. The quantitative estimate of drug-likeness (QED) is 0.392. The van der Waals surface area contributed by atoms with Crippen molar-refractivity contribution < 1.29 is 19.3 Å². The Morgan fingerprint density at radius 2 is 1.83 bits per heavy atom. The van der Waals surface area contributed by atoms with E-state index in [0.717, 1.165) is 10.6 Å². The summed E-state index contributed by atoms with van der Waals surface area (Å²) in [5, 5.41) is 11.4. The average molecular weight is 329 g/mol. The molecular weight excluding hydrogens is 314 g/mol. The molecule has 124 valence electrons. The van der Waals surface area contributed by atoms with Crippen molar-refractivity contribution in [2.45, 2.75) is 19.8 Å². The summed E-state index contributed by atoms with van der Waals surface area (Å²) in [5.74, 6) is -2.34. The van der Waals surface area contributed by atoms with E-state index < -0.39 is 34.5 Å². The van der Waals surface area contributed by atoms with Crippen LogP contribution in [0.2, 0.25) is 0 Å². The topological polar surface area (TPSA) is 110 Å². The summed E-state index contributed by atoms with van der Waals surface area (Å²) in [4.78, 5) is 47.0. The summed E-state index contributed by atoms with van der Waals surface area (Å²) in [6.45, 7) is 1.91. The molecule has 1 aliphatic carbocycles. The lowest BCUT2D eigenvalue weighted by Crippen LogP contribution is -2.46. The Hall–Kier alpha value is -3.03. The van der Waals surface area contributed by atoms with Crippen LogP contribution >= 0.6 is 0 Å². The Balaban J connectivity index is 1.74. The maximum atomic E-state index is 12.4. The van der Waals surface area contributed by atoms with Crippen LogP contribution in [0.25, 0.3) is 0 Å². The summed E-state index contributed by atoms with van der Waals surface area (Å²) in [5.41, 5.74) is 3.36. The predicted octanol–water partition coefficient (Wildman–Crippen LogP) is 1.58. The molecule has 0 bridgehead atoms. The van der Waals surface area contributed by atoms with E-state index in [2.05, 4.69) is 5.43 Å². The number of fused-ring (bicyclic) bond motifs is 1. The van der Waals surface area contributed by atoms with E-state index in [-0.39, 0.29) is 11.3 Å². The first kappa shape index (κ1) is 15.9. The van der Waals surface area contributed by atoms with Gasteiger partial charge in [0.2, 0.25) is 0 Å². The number of carbonyl (C=O) groups excluding carboxylic acids is 3. The van der Waals surface area contributed by atoms with Gasteiger partial charge in [-0.1, -0.05) is 11.6 Å². The maximum absolute atomic E-state index is 12.4. The summed E-state index contributed by atoms with van der Waals surface area (Å²) in [7, 11) is 0. The lowest BCUT2D eigenvalue weighted by Gasteiger charge is -2.18. The van der Waals surface area contributed by atoms with Gasteiger partial charge in [0.25, 0.3) is 23.4 Å². The monoisotopic (exact) mass is 329 g/mol. The third-order valence-corrected chi connectivity index (χ3v) is 4.38. The van der Waals surface area contributed by atoms with Crippen LogP contribution in [0.3, 0.4) is 0 Å². The lowest BCUT2D eigenvalue weighted by atomic mass is 9.82. The molecule has 0 spiro atoms. The van der Waals surface area contributed by atoms with Gasteiger partial charge in [0.15, 0.2) is 0 Å². The van der Waals surface area contributed by atoms with Crippen LogP contribution in [-0.2, 0) is 9.59 Å². The molecule has 1 heterocycles. The standard InChI is InChI=1S/C16H15N3O5/c1-9-2-7-12-13(8-9)16(22)18(15(12)21)17-14(20)10-3-5-11(6-4-10)19(23)24/h2-6,12-13H,7-8H2,1H3,(H,17,20)/t12-,13-/m0/s1. The normalized spacial score (nSPS) is 22.9. The highest BCUT2D eigenvalue weighted by Gasteiger charge is 2.49. The van der Waals surface area contributed by atoms with Gasteiger partial charge in [0, 0.05) is 17.7 Å². The molecule has 1 N–H and O–H groups in total. The number of benzene rings is 1. The number of nitro groups is 1. The number of allylic oxidation sites excluding steroid dienone is 2. The Kier molecular flexibility index (Phi) is 3.88. The summed E-state index contributed by atoms with van der Waals surface area (Å²) < 4.78 is 0. The molecule has 1 aromatic carbocycles. The molecule has 1 aliphatic heterocycles. The van der Waals surface area contributed by atoms with Gasteiger partial charge in [-0.05, 0) is 31.9 Å². The molecule has 2 atom stereocenters. The van der Waals surface area contributed by atoms with Crippen molar-refractivity contribution in [3.8, 4) is 0 Å². The van der Waals surface area contributed by atoms with Crippen molar-refractivity contribution in [1.29, 1.82) is 0 Å². The third kappa shape index (κ3) is 2.66. The van der Waals surface area contributed by atoms with Crippen LogP contribution in [0.5, 0.6) is 0 Å². The largest absolute Gasteiger partial charge is 0.272 e. The van der Waals surface area contributed by atoms with Crippen molar-refractivity contribution in [3.63, 3.8) is 0 Å². The van der Waals surface area contributed by atoms with E-state index in [1.54, 1.807) is 0 Å². The average Bonchev–Trinajstić information content (AvgIpc) is 2.79. The lowest BCUT2D eigenvalue weighted by molar-refractivity contribution is -0.384. The fraction of sp³-hybridized carbons (Fsp3) is 0.312. The van der Waals surface area contributed by atoms with Gasteiger partial charge in [-0.3, -0.25) is 29.9 Å². The second-order valence-corrected chi connectivity index (χ2v) is 5.96. The summed E-state index contributed by atoms with van der Waals surface area (Å²) in [6, 6.07) is 4.93. The molecular formula is C16H15N3O5. The minimum absolute atomic E-state index is 0.130.